The molecule has 0 aromatic heterocycles. The molecule has 0 aliphatic carbocycles. The zero-order valence-electron chi connectivity index (χ0n) is 20.7. The highest BCUT2D eigenvalue weighted by Gasteiger charge is 2.39. The highest BCUT2D eigenvalue weighted by molar-refractivity contribution is 6.60. The van der Waals surface area contributed by atoms with E-state index in [0.29, 0.717) is 38.8 Å². The molecule has 0 bridgehead atoms. The Morgan fingerprint density at radius 2 is 1.26 bits per heavy atom. The Hall–Kier alpha value is -2.54. The van der Waals surface area contributed by atoms with Crippen molar-refractivity contribution in [3.05, 3.63) is 24.3 Å². The van der Waals surface area contributed by atoms with Crippen LogP contribution in [0.4, 0.5) is 0 Å². The Labute approximate surface area is 202 Å². The van der Waals surface area contributed by atoms with Crippen LogP contribution in [0.1, 0.15) is 53.9 Å². The Bertz CT molecular complexity index is 679. The monoisotopic (exact) mass is 503 g/mol. The SMILES string of the molecule is C=C(C)C(=O)OC(OC(=O)CCC(=O)NCCC[Si](OCC)(OCC)OCC)OC(=O)C(=C)C. The molecule has 0 spiro atoms. The second-order valence-corrected chi connectivity index (χ2v) is 9.82. The van der Waals surface area contributed by atoms with Crippen molar-refractivity contribution in [3.63, 3.8) is 0 Å². The van der Waals surface area contributed by atoms with E-state index >= 15 is 0 Å². The van der Waals surface area contributed by atoms with Crippen molar-refractivity contribution in [1.29, 1.82) is 0 Å². The fraction of sp³-hybridized carbons (Fsp3) is 0.636. The molecule has 0 atom stereocenters. The summed E-state index contributed by atoms with van der Waals surface area (Å²) < 4.78 is 31.7. The first kappa shape index (κ1) is 31.5. The first-order valence-corrected chi connectivity index (χ1v) is 13.0. The van der Waals surface area contributed by atoms with Crippen LogP contribution >= 0.6 is 0 Å². The first-order chi connectivity index (χ1) is 16.0. The van der Waals surface area contributed by atoms with E-state index in [-0.39, 0.29) is 29.9 Å². The molecule has 0 saturated carbocycles. The molecule has 0 fully saturated rings. The van der Waals surface area contributed by atoms with Crippen LogP contribution in [0.2, 0.25) is 6.04 Å². The van der Waals surface area contributed by atoms with Crippen LogP contribution < -0.4 is 5.32 Å². The summed E-state index contributed by atoms with van der Waals surface area (Å²) in [6.07, 6.45) is 0.0602. The summed E-state index contributed by atoms with van der Waals surface area (Å²) in [7, 11) is -2.79. The molecule has 0 aromatic carbocycles. The minimum absolute atomic E-state index is 0.0110. The van der Waals surface area contributed by atoms with Gasteiger partial charge in [0, 0.05) is 50.0 Å². The van der Waals surface area contributed by atoms with E-state index in [4.69, 9.17) is 27.5 Å². The summed E-state index contributed by atoms with van der Waals surface area (Å²) in [5, 5.41) is 2.70. The van der Waals surface area contributed by atoms with Crippen LogP contribution in [-0.4, -0.2) is 65.5 Å². The second-order valence-electron chi connectivity index (χ2n) is 7.09. The van der Waals surface area contributed by atoms with Crippen LogP contribution in [-0.2, 0) is 46.7 Å². The van der Waals surface area contributed by atoms with Crippen LogP contribution in [0.3, 0.4) is 0 Å². The van der Waals surface area contributed by atoms with E-state index < -0.39 is 33.2 Å². The molecule has 12 heteroatoms. The topological polar surface area (TPSA) is 136 Å². The van der Waals surface area contributed by atoms with E-state index in [1.54, 1.807) is 0 Å². The van der Waals surface area contributed by atoms with Crippen LogP contribution in [0, 0.1) is 0 Å². The Balaban J connectivity index is 4.60. The van der Waals surface area contributed by atoms with Crippen molar-refractivity contribution in [2.24, 2.45) is 0 Å². The van der Waals surface area contributed by atoms with E-state index in [2.05, 4.69) is 18.5 Å². The third kappa shape index (κ3) is 13.2. The number of amides is 1. The maximum absolute atomic E-state index is 12.1. The van der Waals surface area contributed by atoms with Gasteiger partial charge in [-0.25, -0.2) is 9.59 Å². The number of hydrogen-bond acceptors (Lipinski definition) is 10. The number of carbonyl (C=O) groups excluding carboxylic acids is 4. The molecule has 11 nitrogen and oxygen atoms in total. The molecule has 194 valence electrons. The number of rotatable bonds is 18. The third-order valence-corrected chi connectivity index (χ3v) is 7.11. The highest BCUT2D eigenvalue weighted by atomic mass is 28.4. The predicted octanol–water partition coefficient (Wildman–Crippen LogP) is 2.39. The fourth-order valence-electron chi connectivity index (χ4n) is 2.45. The summed E-state index contributed by atoms with van der Waals surface area (Å²) >= 11 is 0. The van der Waals surface area contributed by atoms with Crippen molar-refractivity contribution in [2.45, 2.75) is 66.4 Å². The smallest absolute Gasteiger partial charge is 0.390 e. The highest BCUT2D eigenvalue weighted by Crippen LogP contribution is 2.17. The van der Waals surface area contributed by atoms with Gasteiger partial charge in [0.25, 0.3) is 0 Å². The molecule has 0 rings (SSSR count). The van der Waals surface area contributed by atoms with Crippen molar-refractivity contribution in [3.8, 4) is 0 Å². The summed E-state index contributed by atoms with van der Waals surface area (Å²) in [6, 6.07) is 0.536. The van der Waals surface area contributed by atoms with Gasteiger partial charge in [0.15, 0.2) is 0 Å². The van der Waals surface area contributed by atoms with Gasteiger partial charge in [-0.3, -0.25) is 9.59 Å². The van der Waals surface area contributed by atoms with Crippen LogP contribution in [0.25, 0.3) is 0 Å². The maximum atomic E-state index is 12.1. The Morgan fingerprint density at radius 3 is 1.68 bits per heavy atom. The van der Waals surface area contributed by atoms with Crippen molar-refractivity contribution in [2.75, 3.05) is 26.4 Å². The molecular formula is C22H37NO10Si. The molecule has 0 aliphatic heterocycles. The van der Waals surface area contributed by atoms with Gasteiger partial charge in [0.2, 0.25) is 5.91 Å². The zero-order chi connectivity index (χ0) is 26.1. The van der Waals surface area contributed by atoms with Gasteiger partial charge in [-0.1, -0.05) is 13.2 Å². The van der Waals surface area contributed by atoms with Gasteiger partial charge >= 0.3 is 33.2 Å². The summed E-state index contributed by atoms with van der Waals surface area (Å²) in [5.41, 5.74) is 0.0220. The summed E-state index contributed by atoms with van der Waals surface area (Å²) in [4.78, 5) is 47.5. The number of nitrogens with one attached hydrogen (secondary N) is 1. The minimum Gasteiger partial charge on any atom is -0.390 e. The molecule has 0 aromatic rings. The first-order valence-electron chi connectivity index (χ1n) is 11.1. The van der Waals surface area contributed by atoms with Gasteiger partial charge < -0.3 is 32.8 Å². The Morgan fingerprint density at radius 1 is 0.794 bits per heavy atom. The van der Waals surface area contributed by atoms with E-state index in [0.717, 1.165) is 0 Å². The van der Waals surface area contributed by atoms with E-state index in [9.17, 15) is 19.2 Å². The van der Waals surface area contributed by atoms with Crippen molar-refractivity contribution >= 4 is 32.6 Å². The van der Waals surface area contributed by atoms with Gasteiger partial charge in [-0.2, -0.15) is 0 Å². The third-order valence-electron chi connectivity index (χ3n) is 3.96. The summed E-state index contributed by atoms with van der Waals surface area (Å²) in [5.74, 6) is -3.13. The zero-order valence-corrected chi connectivity index (χ0v) is 21.7. The van der Waals surface area contributed by atoms with Crippen LogP contribution in [0.15, 0.2) is 24.3 Å². The van der Waals surface area contributed by atoms with Crippen molar-refractivity contribution in [1.82, 2.24) is 5.32 Å². The minimum atomic E-state index is -2.79. The molecule has 0 heterocycles. The number of ether oxygens (including phenoxy) is 3. The maximum Gasteiger partial charge on any atom is 0.500 e. The molecular weight excluding hydrogens is 466 g/mol. The summed E-state index contributed by atoms with van der Waals surface area (Å²) in [6.45, 7) is 14.9. The number of hydrogen-bond donors (Lipinski definition) is 1. The molecule has 0 unspecified atom stereocenters. The lowest BCUT2D eigenvalue weighted by Crippen LogP contribution is -2.46. The van der Waals surface area contributed by atoms with Crippen molar-refractivity contribution < 1.29 is 46.7 Å². The standard InChI is InChI=1S/C22H37NO10Si/c1-8-28-34(29-9-2,30-10-3)15-11-14-23-18(24)12-13-19(25)31-22(32-20(26)16(4)5)33-21(27)17(6)7/h22H,4,6,8-15H2,1-3,5,7H3,(H,23,24). The van der Waals surface area contributed by atoms with Gasteiger partial charge in [0.1, 0.15) is 0 Å². The lowest BCUT2D eigenvalue weighted by Gasteiger charge is -2.28. The fourth-order valence-corrected chi connectivity index (χ4v) is 5.06. The van der Waals surface area contributed by atoms with E-state index in [1.165, 1.54) is 13.8 Å². The second kappa shape index (κ2) is 17.0. The van der Waals surface area contributed by atoms with Gasteiger partial charge in [0.05, 0.1) is 6.42 Å². The molecule has 0 radical (unpaired) electrons. The quantitative estimate of drug-likeness (QED) is 0.0976. The lowest BCUT2D eigenvalue weighted by molar-refractivity contribution is -0.254. The van der Waals surface area contributed by atoms with Crippen LogP contribution in [0.5, 0.6) is 0 Å². The predicted molar refractivity (Wildman–Crippen MR) is 124 cm³/mol. The Kier molecular flexibility index (Phi) is 15.7. The molecule has 0 saturated heterocycles. The number of esters is 3. The molecule has 1 amide bonds. The number of carbonyl (C=O) groups is 4. The molecule has 1 N–H and O–H groups in total. The average Bonchev–Trinajstić information content (AvgIpc) is 2.75. The van der Waals surface area contributed by atoms with E-state index in [1.807, 2.05) is 20.8 Å². The average molecular weight is 504 g/mol. The van der Waals surface area contributed by atoms with Gasteiger partial charge in [-0.15, -0.1) is 0 Å². The molecule has 0 aliphatic rings. The van der Waals surface area contributed by atoms with Gasteiger partial charge in [-0.05, 0) is 41.0 Å². The lowest BCUT2D eigenvalue weighted by atomic mass is 10.3. The molecule has 34 heavy (non-hydrogen) atoms. The largest absolute Gasteiger partial charge is 0.500 e. The normalized spacial score (nSPS) is 11.0.